The molecule has 0 bridgehead atoms. The van der Waals surface area contributed by atoms with Crippen molar-refractivity contribution in [1.29, 1.82) is 0 Å². The van der Waals surface area contributed by atoms with E-state index in [0.29, 0.717) is 13.2 Å². The first-order chi connectivity index (χ1) is 10.9. The van der Waals surface area contributed by atoms with E-state index >= 15 is 0 Å². The van der Waals surface area contributed by atoms with Crippen LogP contribution in [-0.4, -0.2) is 9.55 Å². The van der Waals surface area contributed by atoms with Gasteiger partial charge in [0.1, 0.15) is 12.4 Å². The number of nitrogens with zero attached hydrogens (tertiary/aromatic N) is 2. The van der Waals surface area contributed by atoms with E-state index in [1.54, 1.807) is 0 Å². The van der Waals surface area contributed by atoms with Crippen LogP contribution in [0.15, 0.2) is 67.3 Å². The number of hydrogen-bond acceptors (Lipinski definition) is 2. The van der Waals surface area contributed by atoms with Crippen LogP contribution in [0, 0.1) is 0 Å². The summed E-state index contributed by atoms with van der Waals surface area (Å²) in [4.78, 5) is 4.70. The Balaban J connectivity index is 1.75. The van der Waals surface area contributed by atoms with Crippen LogP contribution < -0.4 is 0 Å². The number of hydrogen-bond donors (Lipinski definition) is 0. The Bertz CT molecular complexity index is 746. The number of imidazole rings is 1. The summed E-state index contributed by atoms with van der Waals surface area (Å²) in [7, 11) is 0. The minimum Gasteiger partial charge on any atom is -0.369 e. The second-order valence-corrected chi connectivity index (χ2v) is 5.22. The highest BCUT2D eigenvalue weighted by atomic mass is 16.5. The maximum atomic E-state index is 5.85. The lowest BCUT2D eigenvalue weighted by molar-refractivity contribution is 0.0996. The summed E-state index contributed by atoms with van der Waals surface area (Å²) in [6.07, 6.45) is 2.86. The molecule has 0 radical (unpaired) electrons. The van der Waals surface area contributed by atoms with Crippen molar-refractivity contribution in [2.45, 2.75) is 26.2 Å². The number of aryl methyl sites for hydroxylation is 1. The van der Waals surface area contributed by atoms with Crippen molar-refractivity contribution < 1.29 is 4.74 Å². The summed E-state index contributed by atoms with van der Waals surface area (Å²) in [5, 5.41) is 0. The molecule has 0 aliphatic heterocycles. The van der Waals surface area contributed by atoms with Gasteiger partial charge in [-0.2, -0.15) is 0 Å². The number of benzene rings is 2. The molecule has 0 atom stereocenters. The van der Waals surface area contributed by atoms with Crippen LogP contribution in [0.4, 0.5) is 0 Å². The van der Waals surface area contributed by atoms with Gasteiger partial charge in [0, 0.05) is 6.54 Å². The van der Waals surface area contributed by atoms with Crippen molar-refractivity contribution in [3.05, 3.63) is 78.6 Å². The Hall–Kier alpha value is -2.39. The minimum absolute atomic E-state index is 0.515. The van der Waals surface area contributed by atoms with Crippen molar-refractivity contribution in [2.24, 2.45) is 0 Å². The zero-order valence-electron chi connectivity index (χ0n) is 12.6. The van der Waals surface area contributed by atoms with Crippen LogP contribution in [0.5, 0.6) is 0 Å². The average Bonchev–Trinajstić information content (AvgIpc) is 2.91. The molecular weight excluding hydrogens is 272 g/mol. The lowest BCUT2D eigenvalue weighted by Gasteiger charge is -2.08. The average molecular weight is 292 g/mol. The third-order valence-electron chi connectivity index (χ3n) is 3.63. The Morgan fingerprint density at radius 3 is 2.59 bits per heavy atom. The summed E-state index contributed by atoms with van der Waals surface area (Å²) < 4.78 is 8.07. The largest absolute Gasteiger partial charge is 0.369 e. The Kier molecular flexibility index (Phi) is 4.66. The van der Waals surface area contributed by atoms with Gasteiger partial charge < -0.3 is 9.30 Å². The second kappa shape index (κ2) is 7.05. The van der Waals surface area contributed by atoms with Crippen LogP contribution in [0.2, 0.25) is 0 Å². The van der Waals surface area contributed by atoms with E-state index in [4.69, 9.17) is 9.72 Å². The first-order valence-corrected chi connectivity index (χ1v) is 7.55. The highest BCUT2D eigenvalue weighted by Crippen LogP contribution is 2.17. The third-order valence-corrected chi connectivity index (χ3v) is 3.63. The maximum absolute atomic E-state index is 5.85. The Labute approximate surface area is 130 Å². The van der Waals surface area contributed by atoms with Gasteiger partial charge in [-0.1, -0.05) is 48.5 Å². The molecule has 0 unspecified atom stereocenters. The van der Waals surface area contributed by atoms with Crippen molar-refractivity contribution >= 4 is 11.0 Å². The van der Waals surface area contributed by atoms with Gasteiger partial charge in [-0.05, 0) is 24.1 Å². The molecule has 0 N–H and O–H groups in total. The molecule has 0 amide bonds. The molecule has 22 heavy (non-hydrogen) atoms. The predicted molar refractivity (Wildman–Crippen MR) is 89.5 cm³/mol. The Morgan fingerprint density at radius 2 is 1.77 bits per heavy atom. The van der Waals surface area contributed by atoms with E-state index in [0.717, 1.165) is 29.8 Å². The SMILES string of the molecule is C=CCCn1c(COCc2ccccc2)nc2ccccc21. The zero-order chi connectivity index (χ0) is 15.2. The summed E-state index contributed by atoms with van der Waals surface area (Å²) in [5.41, 5.74) is 3.35. The van der Waals surface area contributed by atoms with Crippen LogP contribution in [0.25, 0.3) is 11.0 Å². The lowest BCUT2D eigenvalue weighted by atomic mass is 10.2. The Morgan fingerprint density at radius 1 is 1.00 bits per heavy atom. The van der Waals surface area contributed by atoms with Gasteiger partial charge >= 0.3 is 0 Å². The van der Waals surface area contributed by atoms with Gasteiger partial charge in [-0.3, -0.25) is 0 Å². The molecule has 3 nitrogen and oxygen atoms in total. The van der Waals surface area contributed by atoms with E-state index in [1.165, 1.54) is 5.56 Å². The second-order valence-electron chi connectivity index (χ2n) is 5.22. The fourth-order valence-electron chi connectivity index (χ4n) is 2.54. The van der Waals surface area contributed by atoms with Gasteiger partial charge in [-0.15, -0.1) is 6.58 Å². The van der Waals surface area contributed by atoms with E-state index in [1.807, 2.05) is 42.5 Å². The van der Waals surface area contributed by atoms with Crippen molar-refractivity contribution in [3.8, 4) is 0 Å². The normalized spacial score (nSPS) is 10.9. The molecule has 0 saturated carbocycles. The molecule has 0 fully saturated rings. The summed E-state index contributed by atoms with van der Waals surface area (Å²) >= 11 is 0. The number of ether oxygens (including phenoxy) is 1. The van der Waals surface area contributed by atoms with Crippen LogP contribution in [0.3, 0.4) is 0 Å². The van der Waals surface area contributed by atoms with Crippen molar-refractivity contribution in [1.82, 2.24) is 9.55 Å². The molecule has 3 rings (SSSR count). The van der Waals surface area contributed by atoms with E-state index in [-0.39, 0.29) is 0 Å². The third kappa shape index (κ3) is 3.26. The highest BCUT2D eigenvalue weighted by molar-refractivity contribution is 5.75. The molecular formula is C19H20N2O. The summed E-state index contributed by atoms with van der Waals surface area (Å²) in [6.45, 7) is 5.81. The number of aromatic nitrogens is 2. The standard InChI is InChI=1S/C19H20N2O/c1-2-3-13-21-18-12-8-7-11-17(18)20-19(21)15-22-14-16-9-5-4-6-10-16/h2,4-12H,1,3,13-15H2. The topological polar surface area (TPSA) is 27.1 Å². The number of allylic oxidation sites excluding steroid dienone is 1. The fraction of sp³-hybridized carbons (Fsp3) is 0.211. The van der Waals surface area contributed by atoms with Crippen LogP contribution >= 0.6 is 0 Å². The van der Waals surface area contributed by atoms with Crippen LogP contribution in [0.1, 0.15) is 17.8 Å². The van der Waals surface area contributed by atoms with Gasteiger partial charge in [-0.25, -0.2) is 4.98 Å². The van der Waals surface area contributed by atoms with Crippen LogP contribution in [-0.2, 0) is 24.5 Å². The van der Waals surface area contributed by atoms with Gasteiger partial charge in [0.2, 0.25) is 0 Å². The molecule has 1 aromatic heterocycles. The first-order valence-electron chi connectivity index (χ1n) is 7.55. The number of para-hydroxylation sites is 2. The first kappa shape index (κ1) is 14.5. The molecule has 3 aromatic rings. The van der Waals surface area contributed by atoms with Gasteiger partial charge in [0.05, 0.1) is 17.6 Å². The number of fused-ring (bicyclic) bond motifs is 1. The molecule has 112 valence electrons. The summed E-state index contributed by atoms with van der Waals surface area (Å²) in [6, 6.07) is 18.4. The van der Waals surface area contributed by atoms with Crippen molar-refractivity contribution in [2.75, 3.05) is 0 Å². The van der Waals surface area contributed by atoms with Gasteiger partial charge in [0.25, 0.3) is 0 Å². The maximum Gasteiger partial charge on any atom is 0.136 e. The molecule has 0 spiro atoms. The smallest absolute Gasteiger partial charge is 0.136 e. The molecule has 0 aliphatic carbocycles. The van der Waals surface area contributed by atoms with E-state index in [2.05, 4.69) is 29.3 Å². The predicted octanol–water partition coefficient (Wildman–Crippen LogP) is 4.33. The van der Waals surface area contributed by atoms with Gasteiger partial charge in [0.15, 0.2) is 0 Å². The zero-order valence-corrected chi connectivity index (χ0v) is 12.6. The fourth-order valence-corrected chi connectivity index (χ4v) is 2.54. The van der Waals surface area contributed by atoms with E-state index < -0.39 is 0 Å². The molecule has 3 heteroatoms. The summed E-state index contributed by atoms with van der Waals surface area (Å²) in [5.74, 6) is 0.971. The van der Waals surface area contributed by atoms with Crippen molar-refractivity contribution in [3.63, 3.8) is 0 Å². The minimum atomic E-state index is 0.515. The molecule has 0 aliphatic rings. The molecule has 1 heterocycles. The highest BCUT2D eigenvalue weighted by Gasteiger charge is 2.09. The van der Waals surface area contributed by atoms with E-state index in [9.17, 15) is 0 Å². The monoisotopic (exact) mass is 292 g/mol. The number of rotatable bonds is 7. The quantitative estimate of drug-likeness (QED) is 0.606. The lowest BCUT2D eigenvalue weighted by Crippen LogP contribution is -2.05. The molecule has 2 aromatic carbocycles. The molecule has 0 saturated heterocycles.